The predicted octanol–water partition coefficient (Wildman–Crippen LogP) is 3.17. The van der Waals surface area contributed by atoms with E-state index < -0.39 is 0 Å². The number of alkyl halides is 1. The minimum Gasteiger partial charge on any atom is -0.0888 e. The molecule has 0 aromatic heterocycles. The zero-order valence-electron chi connectivity index (χ0n) is 5.36. The van der Waals surface area contributed by atoms with Crippen LogP contribution in [0, 0.1) is 0 Å². The maximum atomic E-state index is 2.41. The molecule has 0 saturated carbocycles. The van der Waals surface area contributed by atoms with Gasteiger partial charge in [-0.1, -0.05) is 41.7 Å². The highest BCUT2D eigenvalue weighted by molar-refractivity contribution is 14.1. The molecule has 0 fully saturated rings. The molecule has 0 bridgehead atoms. The third-order valence-corrected chi connectivity index (χ3v) is 1.67. The average molecular weight is 224 g/mol. The molecule has 0 aromatic rings. The third kappa shape index (κ3) is 6.47. The molecule has 0 aliphatic carbocycles. The first-order valence-corrected chi connectivity index (χ1v) is 4.65. The molecule has 0 heterocycles. The Labute approximate surface area is 65.5 Å². The molecule has 0 atom stereocenters. The van der Waals surface area contributed by atoms with Crippen LogP contribution in [0.5, 0.6) is 0 Å². The molecule has 48 valence electrons. The molecule has 0 saturated heterocycles. The van der Waals surface area contributed by atoms with E-state index in [2.05, 4.69) is 41.7 Å². The van der Waals surface area contributed by atoms with Crippen LogP contribution in [0.25, 0.3) is 0 Å². The van der Waals surface area contributed by atoms with E-state index in [9.17, 15) is 0 Å². The van der Waals surface area contributed by atoms with Crippen molar-refractivity contribution in [2.45, 2.75) is 26.2 Å². The first-order valence-electron chi connectivity index (χ1n) is 3.12. The fourth-order valence-corrected chi connectivity index (χ4v) is 0.920. The Kier molecular flexibility index (Phi) is 7.91. The summed E-state index contributed by atoms with van der Waals surface area (Å²) in [5.41, 5.74) is 0. The monoisotopic (exact) mass is 224 g/mol. The lowest BCUT2D eigenvalue weighted by atomic mass is 10.3. The van der Waals surface area contributed by atoms with E-state index in [4.69, 9.17) is 0 Å². The van der Waals surface area contributed by atoms with Crippen molar-refractivity contribution in [2.24, 2.45) is 0 Å². The molecule has 0 N–H and O–H groups in total. The first-order chi connectivity index (χ1) is 3.91. The number of allylic oxidation sites excluding steroid dienone is 2. The maximum absolute atomic E-state index is 2.41. The van der Waals surface area contributed by atoms with Crippen molar-refractivity contribution in [1.29, 1.82) is 0 Å². The summed E-state index contributed by atoms with van der Waals surface area (Å²) < 4.78 is 1.28. The average Bonchev–Trinajstić information content (AvgIpc) is 1.81. The van der Waals surface area contributed by atoms with Crippen molar-refractivity contribution >= 4 is 22.6 Å². The number of unbranched alkanes of at least 4 members (excludes halogenated alkanes) is 1. The van der Waals surface area contributed by atoms with Crippen LogP contribution in [0.15, 0.2) is 12.2 Å². The Balaban J connectivity index is 2.80. The second-order valence-corrected chi connectivity index (χ2v) is 2.79. The summed E-state index contributed by atoms with van der Waals surface area (Å²) in [6.45, 7) is 2.17. The highest BCUT2D eigenvalue weighted by Gasteiger charge is 1.75. The van der Waals surface area contributed by atoms with Gasteiger partial charge in [0, 0.05) is 0 Å². The van der Waals surface area contributed by atoms with Crippen LogP contribution in [0.2, 0.25) is 0 Å². The molecule has 0 nitrogen and oxygen atoms in total. The van der Waals surface area contributed by atoms with Crippen LogP contribution in [-0.4, -0.2) is 4.43 Å². The minimum atomic E-state index is 1.18. The first kappa shape index (κ1) is 8.47. The zero-order valence-corrected chi connectivity index (χ0v) is 7.52. The second-order valence-electron chi connectivity index (χ2n) is 1.71. The molecule has 0 aliphatic heterocycles. The Morgan fingerprint density at radius 1 is 1.38 bits per heavy atom. The van der Waals surface area contributed by atoms with E-state index in [1.54, 1.807) is 0 Å². The molecule has 1 heteroatoms. The van der Waals surface area contributed by atoms with Crippen molar-refractivity contribution in [2.75, 3.05) is 4.43 Å². The summed E-state index contributed by atoms with van der Waals surface area (Å²) in [5.74, 6) is 0. The summed E-state index contributed by atoms with van der Waals surface area (Å²) in [4.78, 5) is 0. The fraction of sp³-hybridized carbons (Fsp3) is 0.714. The van der Waals surface area contributed by atoms with Crippen LogP contribution in [-0.2, 0) is 0 Å². The maximum Gasteiger partial charge on any atom is -0.000178 e. The Hall–Kier alpha value is 0.470. The fourth-order valence-electron chi connectivity index (χ4n) is 0.480. The van der Waals surface area contributed by atoms with Gasteiger partial charge in [-0.25, -0.2) is 0 Å². The number of hydrogen-bond donors (Lipinski definition) is 0. The van der Waals surface area contributed by atoms with Gasteiger partial charge < -0.3 is 0 Å². The Morgan fingerprint density at radius 3 is 2.62 bits per heavy atom. The van der Waals surface area contributed by atoms with E-state index in [0.29, 0.717) is 0 Å². The summed E-state index contributed by atoms with van der Waals surface area (Å²) in [6.07, 6.45) is 8.26. The molecule has 0 amide bonds. The van der Waals surface area contributed by atoms with Crippen molar-refractivity contribution in [3.8, 4) is 0 Å². The van der Waals surface area contributed by atoms with Gasteiger partial charge in [0.2, 0.25) is 0 Å². The largest absolute Gasteiger partial charge is 0.0888 e. The van der Waals surface area contributed by atoms with Crippen molar-refractivity contribution in [3.05, 3.63) is 12.2 Å². The van der Waals surface area contributed by atoms with Gasteiger partial charge in [-0.15, -0.1) is 0 Å². The molecule has 0 rings (SSSR count). The van der Waals surface area contributed by atoms with Gasteiger partial charge in [0.1, 0.15) is 0 Å². The standard InChI is InChI=1S/C7H13I/c1-2-3-4-5-6-7-8/h3-4H,2,5-7H2,1H3. The summed E-state index contributed by atoms with van der Waals surface area (Å²) in [7, 11) is 0. The highest BCUT2D eigenvalue weighted by atomic mass is 127. The number of rotatable bonds is 4. The Morgan fingerprint density at radius 2 is 2.12 bits per heavy atom. The lowest BCUT2D eigenvalue weighted by Gasteiger charge is -1.84. The van der Waals surface area contributed by atoms with E-state index in [1.165, 1.54) is 23.7 Å². The molecular formula is C7H13I. The molecule has 0 aliphatic rings. The molecule has 0 radical (unpaired) electrons. The van der Waals surface area contributed by atoms with Gasteiger partial charge in [0.25, 0.3) is 0 Å². The second kappa shape index (κ2) is 7.47. The normalized spacial score (nSPS) is 10.8. The summed E-state index contributed by atoms with van der Waals surface area (Å²) >= 11 is 2.41. The van der Waals surface area contributed by atoms with Gasteiger partial charge in [0.05, 0.1) is 0 Å². The van der Waals surface area contributed by atoms with Crippen LogP contribution in [0.4, 0.5) is 0 Å². The third-order valence-electron chi connectivity index (χ3n) is 0.907. The van der Waals surface area contributed by atoms with Crippen molar-refractivity contribution in [1.82, 2.24) is 0 Å². The summed E-state index contributed by atoms with van der Waals surface area (Å²) in [5, 5.41) is 0. The zero-order chi connectivity index (χ0) is 6.24. The van der Waals surface area contributed by atoms with E-state index in [-0.39, 0.29) is 0 Å². The molecule has 0 spiro atoms. The van der Waals surface area contributed by atoms with E-state index in [0.717, 1.165) is 0 Å². The van der Waals surface area contributed by atoms with Gasteiger partial charge in [0.15, 0.2) is 0 Å². The summed E-state index contributed by atoms with van der Waals surface area (Å²) in [6, 6.07) is 0. The quantitative estimate of drug-likeness (QED) is 0.298. The minimum absolute atomic E-state index is 1.18. The van der Waals surface area contributed by atoms with Crippen LogP contribution < -0.4 is 0 Å². The smallest absolute Gasteiger partial charge is 0.000178 e. The predicted molar refractivity (Wildman–Crippen MR) is 47.6 cm³/mol. The molecule has 0 aromatic carbocycles. The van der Waals surface area contributed by atoms with Crippen LogP contribution in [0.3, 0.4) is 0 Å². The van der Waals surface area contributed by atoms with Gasteiger partial charge in [-0.05, 0) is 23.7 Å². The molecule has 0 unspecified atom stereocenters. The van der Waals surface area contributed by atoms with Gasteiger partial charge in [-0.3, -0.25) is 0 Å². The molecule has 8 heavy (non-hydrogen) atoms. The van der Waals surface area contributed by atoms with Crippen LogP contribution >= 0.6 is 22.6 Å². The SMILES string of the molecule is CCC=CCCCI. The van der Waals surface area contributed by atoms with Crippen LogP contribution in [0.1, 0.15) is 26.2 Å². The Bertz CT molecular complexity index is 57.4. The lowest BCUT2D eigenvalue weighted by molar-refractivity contribution is 0.978. The number of hydrogen-bond acceptors (Lipinski definition) is 0. The van der Waals surface area contributed by atoms with E-state index in [1.807, 2.05) is 0 Å². The van der Waals surface area contributed by atoms with Crippen molar-refractivity contribution in [3.63, 3.8) is 0 Å². The number of halogens is 1. The lowest BCUT2D eigenvalue weighted by Crippen LogP contribution is -1.68. The van der Waals surface area contributed by atoms with E-state index >= 15 is 0 Å². The van der Waals surface area contributed by atoms with Gasteiger partial charge in [-0.2, -0.15) is 0 Å². The molecular weight excluding hydrogens is 211 g/mol. The highest BCUT2D eigenvalue weighted by Crippen LogP contribution is 1.95. The van der Waals surface area contributed by atoms with Gasteiger partial charge >= 0.3 is 0 Å². The topological polar surface area (TPSA) is 0 Å². The van der Waals surface area contributed by atoms with Crippen molar-refractivity contribution < 1.29 is 0 Å².